The first-order chi connectivity index (χ1) is 5.93. The minimum absolute atomic E-state index is 1.08. The van der Waals surface area contributed by atoms with Gasteiger partial charge in [0.05, 0.1) is 0 Å². The van der Waals surface area contributed by atoms with Gasteiger partial charge in [-0.2, -0.15) is 0 Å². The van der Waals surface area contributed by atoms with E-state index in [1.54, 1.807) is 23.3 Å². The van der Waals surface area contributed by atoms with E-state index in [1.807, 2.05) is 11.6 Å². The molecule has 0 saturated carbocycles. The summed E-state index contributed by atoms with van der Waals surface area (Å²) in [5.41, 5.74) is 0. The molecule has 1 N–H and O–H groups in total. The number of hydrogen-bond donors (Lipinski definition) is 1. The second-order valence-corrected chi connectivity index (χ2v) is 4.53. The fourth-order valence-electron chi connectivity index (χ4n) is 0.821. The van der Waals surface area contributed by atoms with E-state index in [9.17, 15) is 0 Å². The van der Waals surface area contributed by atoms with Gasteiger partial charge in [0.1, 0.15) is 0 Å². The first kappa shape index (κ1) is 10.0. The highest BCUT2D eigenvalue weighted by Gasteiger charge is 1.93. The van der Waals surface area contributed by atoms with Crippen LogP contribution in [-0.4, -0.2) is 11.5 Å². The Bertz CT molecular complexity index is 187. The lowest BCUT2D eigenvalue weighted by Crippen LogP contribution is -2.04. The predicted molar refractivity (Wildman–Crippen MR) is 55.5 cm³/mol. The van der Waals surface area contributed by atoms with Gasteiger partial charge in [-0.3, -0.25) is 4.72 Å². The highest BCUT2D eigenvalue weighted by molar-refractivity contribution is 7.99. The van der Waals surface area contributed by atoms with Gasteiger partial charge in [-0.15, -0.1) is 11.3 Å². The van der Waals surface area contributed by atoms with E-state index < -0.39 is 0 Å². The fraction of sp³-hybridized carbons (Fsp3) is 0.625. The average molecular weight is 202 g/mol. The molecule has 68 valence electrons. The van der Waals surface area contributed by atoms with Crippen LogP contribution in [0.2, 0.25) is 0 Å². The second-order valence-electron chi connectivity index (χ2n) is 2.50. The molecule has 0 fully saturated rings. The van der Waals surface area contributed by atoms with Crippen LogP contribution in [0.25, 0.3) is 0 Å². The van der Waals surface area contributed by atoms with E-state index in [-0.39, 0.29) is 0 Å². The Morgan fingerprint density at radius 2 is 2.50 bits per heavy atom. The summed E-state index contributed by atoms with van der Waals surface area (Å²) in [6.45, 7) is 3.30. The molecule has 0 aliphatic heterocycles. The van der Waals surface area contributed by atoms with Crippen molar-refractivity contribution in [1.29, 1.82) is 0 Å². The van der Waals surface area contributed by atoms with Crippen LogP contribution >= 0.6 is 23.3 Å². The largest absolute Gasteiger partial charge is 0.258 e. The van der Waals surface area contributed by atoms with Crippen molar-refractivity contribution < 1.29 is 0 Å². The van der Waals surface area contributed by atoms with E-state index in [0.717, 1.165) is 10.9 Å². The van der Waals surface area contributed by atoms with Crippen LogP contribution in [0.3, 0.4) is 0 Å². The van der Waals surface area contributed by atoms with Crippen LogP contribution in [0.1, 0.15) is 26.2 Å². The van der Waals surface area contributed by atoms with Crippen LogP contribution in [-0.2, 0) is 0 Å². The Kier molecular flexibility index (Phi) is 5.39. The topological polar surface area (TPSA) is 24.9 Å². The van der Waals surface area contributed by atoms with Crippen LogP contribution in [0.4, 0.5) is 0 Å². The number of nitrogens with one attached hydrogen (secondary N) is 1. The Hall–Kier alpha value is -0.0600. The summed E-state index contributed by atoms with van der Waals surface area (Å²) >= 11 is 3.31. The standard InChI is InChI=1S/C8H14N2S2/c1-2-3-4-5-10-12-8-9-6-7-11-8/h6-7,10H,2-5H2,1H3. The van der Waals surface area contributed by atoms with Gasteiger partial charge in [0.2, 0.25) is 0 Å². The first-order valence-corrected chi connectivity index (χ1v) is 5.92. The Labute approximate surface area is 81.9 Å². The smallest absolute Gasteiger partial charge is 0.164 e. The molecular formula is C8H14N2S2. The van der Waals surface area contributed by atoms with Crippen molar-refractivity contribution in [1.82, 2.24) is 9.71 Å². The molecule has 1 aromatic heterocycles. The van der Waals surface area contributed by atoms with E-state index in [2.05, 4.69) is 16.6 Å². The molecular weight excluding hydrogens is 188 g/mol. The molecule has 1 aromatic rings. The maximum atomic E-state index is 4.15. The SMILES string of the molecule is CCCCCNSc1nccs1. The summed E-state index contributed by atoms with van der Waals surface area (Å²) in [5.74, 6) is 0. The first-order valence-electron chi connectivity index (χ1n) is 4.22. The Balaban J connectivity index is 1.96. The molecule has 0 amide bonds. The molecule has 0 spiro atoms. The quantitative estimate of drug-likeness (QED) is 0.567. The van der Waals surface area contributed by atoms with E-state index in [4.69, 9.17) is 0 Å². The molecule has 1 heterocycles. The lowest BCUT2D eigenvalue weighted by atomic mass is 10.3. The number of unbranched alkanes of at least 4 members (excludes halogenated alkanes) is 2. The number of aromatic nitrogens is 1. The monoisotopic (exact) mass is 202 g/mol. The summed E-state index contributed by atoms with van der Waals surface area (Å²) in [7, 11) is 0. The van der Waals surface area contributed by atoms with E-state index in [0.29, 0.717) is 0 Å². The molecule has 0 unspecified atom stereocenters. The van der Waals surface area contributed by atoms with Gasteiger partial charge in [0, 0.05) is 18.1 Å². The Morgan fingerprint density at radius 3 is 3.17 bits per heavy atom. The zero-order chi connectivity index (χ0) is 8.65. The lowest BCUT2D eigenvalue weighted by Gasteiger charge is -1.99. The predicted octanol–water partition coefficient (Wildman–Crippen LogP) is 2.93. The van der Waals surface area contributed by atoms with Crippen molar-refractivity contribution in [3.63, 3.8) is 0 Å². The average Bonchev–Trinajstić information content (AvgIpc) is 2.57. The van der Waals surface area contributed by atoms with Crippen LogP contribution < -0.4 is 4.72 Å². The molecule has 0 aliphatic carbocycles. The minimum atomic E-state index is 1.08. The van der Waals surface area contributed by atoms with Crippen LogP contribution in [0, 0.1) is 0 Å². The van der Waals surface area contributed by atoms with Gasteiger partial charge in [-0.25, -0.2) is 4.98 Å². The van der Waals surface area contributed by atoms with Crippen molar-refractivity contribution in [3.05, 3.63) is 11.6 Å². The molecule has 0 bridgehead atoms. The zero-order valence-electron chi connectivity index (χ0n) is 7.25. The Morgan fingerprint density at radius 1 is 1.58 bits per heavy atom. The number of rotatable bonds is 6. The summed E-state index contributed by atoms with van der Waals surface area (Å²) in [5, 5.41) is 2.00. The van der Waals surface area contributed by atoms with Gasteiger partial charge >= 0.3 is 0 Å². The molecule has 0 atom stereocenters. The highest BCUT2D eigenvalue weighted by atomic mass is 32.2. The summed E-state index contributed by atoms with van der Waals surface area (Å²) in [4.78, 5) is 4.15. The lowest BCUT2D eigenvalue weighted by molar-refractivity contribution is 0.709. The summed E-state index contributed by atoms with van der Waals surface area (Å²) in [6, 6.07) is 0. The third-order valence-electron chi connectivity index (χ3n) is 1.45. The highest BCUT2D eigenvalue weighted by Crippen LogP contribution is 2.16. The van der Waals surface area contributed by atoms with Gasteiger partial charge in [-0.05, 0) is 18.4 Å². The molecule has 1 rings (SSSR count). The van der Waals surface area contributed by atoms with Crippen LogP contribution in [0.15, 0.2) is 15.9 Å². The van der Waals surface area contributed by atoms with Crippen LogP contribution in [0.5, 0.6) is 0 Å². The van der Waals surface area contributed by atoms with Crippen molar-refractivity contribution in [2.24, 2.45) is 0 Å². The molecule has 4 heteroatoms. The summed E-state index contributed by atoms with van der Waals surface area (Å²) < 4.78 is 4.39. The fourth-order valence-corrected chi connectivity index (χ4v) is 2.20. The third kappa shape index (κ3) is 4.09. The second kappa shape index (κ2) is 6.46. The number of thiazole rings is 1. The minimum Gasteiger partial charge on any atom is -0.258 e. The van der Waals surface area contributed by atoms with Crippen molar-refractivity contribution in [2.45, 2.75) is 30.5 Å². The van der Waals surface area contributed by atoms with Gasteiger partial charge in [0.15, 0.2) is 4.34 Å². The molecule has 0 radical (unpaired) electrons. The van der Waals surface area contributed by atoms with Crippen molar-refractivity contribution in [2.75, 3.05) is 6.54 Å². The maximum absolute atomic E-state index is 4.15. The third-order valence-corrected chi connectivity index (χ3v) is 3.18. The number of nitrogens with zero attached hydrogens (tertiary/aromatic N) is 1. The molecule has 0 saturated heterocycles. The zero-order valence-corrected chi connectivity index (χ0v) is 8.88. The van der Waals surface area contributed by atoms with Crippen molar-refractivity contribution in [3.8, 4) is 0 Å². The maximum Gasteiger partial charge on any atom is 0.164 e. The normalized spacial score (nSPS) is 10.4. The molecule has 0 aromatic carbocycles. The molecule has 12 heavy (non-hydrogen) atoms. The van der Waals surface area contributed by atoms with Crippen molar-refractivity contribution >= 4 is 23.3 Å². The van der Waals surface area contributed by atoms with Gasteiger partial charge in [-0.1, -0.05) is 19.8 Å². The summed E-state index contributed by atoms with van der Waals surface area (Å²) in [6.07, 6.45) is 5.69. The number of hydrogen-bond acceptors (Lipinski definition) is 4. The molecule has 0 aliphatic rings. The molecule has 2 nitrogen and oxygen atoms in total. The van der Waals surface area contributed by atoms with Gasteiger partial charge < -0.3 is 0 Å². The van der Waals surface area contributed by atoms with E-state index in [1.165, 1.54) is 19.3 Å². The van der Waals surface area contributed by atoms with E-state index >= 15 is 0 Å². The van der Waals surface area contributed by atoms with Gasteiger partial charge in [0.25, 0.3) is 0 Å².